The van der Waals surface area contributed by atoms with E-state index in [4.69, 9.17) is 0 Å². The Morgan fingerprint density at radius 3 is 2.44 bits per heavy atom. The quantitative estimate of drug-likeness (QED) is 0.869. The molecular weight excluding hydrogens is 224 g/mol. The number of fused-ring (bicyclic) bond motifs is 1. The van der Waals surface area contributed by atoms with Crippen LogP contribution in [0.3, 0.4) is 0 Å². The van der Waals surface area contributed by atoms with Crippen molar-refractivity contribution in [2.24, 2.45) is 0 Å². The number of carbonyl (C=O) groups is 1. The summed E-state index contributed by atoms with van der Waals surface area (Å²) in [5.41, 5.74) is 3.30. The highest BCUT2D eigenvalue weighted by Crippen LogP contribution is 2.21. The second-order valence-electron chi connectivity index (χ2n) is 4.59. The Kier molecular flexibility index (Phi) is 2.81. The smallest absolute Gasteiger partial charge is 0.253 e. The summed E-state index contributed by atoms with van der Waals surface area (Å²) in [5, 5.41) is 3.06. The van der Waals surface area contributed by atoms with Gasteiger partial charge in [-0.2, -0.15) is 0 Å². The fraction of sp³-hybridized carbons (Fsp3) is 0.200. The molecule has 3 nitrogen and oxygen atoms in total. The number of aromatic nitrogens is 1. The van der Waals surface area contributed by atoms with Crippen molar-refractivity contribution in [2.75, 3.05) is 0 Å². The van der Waals surface area contributed by atoms with Crippen LogP contribution in [0.4, 0.5) is 0 Å². The van der Waals surface area contributed by atoms with Crippen LogP contribution in [0, 0.1) is 0 Å². The van der Waals surface area contributed by atoms with E-state index >= 15 is 0 Å². The minimum atomic E-state index is -0.0408. The van der Waals surface area contributed by atoms with Crippen LogP contribution in [-0.2, 0) is 12.8 Å². The maximum absolute atomic E-state index is 12.0. The number of carbonyl (C=O) groups excluding carboxylic acids is 1. The molecule has 1 N–H and O–H groups in total. The summed E-state index contributed by atoms with van der Waals surface area (Å²) in [6, 6.07) is 12.1. The summed E-state index contributed by atoms with van der Waals surface area (Å²) in [6.45, 7) is 0. The Morgan fingerprint density at radius 2 is 1.83 bits per heavy atom. The lowest BCUT2D eigenvalue weighted by Gasteiger charge is -2.11. The predicted octanol–water partition coefficient (Wildman–Crippen LogP) is 1.98. The Bertz CT molecular complexity index is 541. The molecule has 0 atom stereocenters. The van der Waals surface area contributed by atoms with Crippen LogP contribution in [0.25, 0.3) is 0 Å². The molecule has 3 rings (SSSR count). The van der Waals surface area contributed by atoms with Gasteiger partial charge in [0.2, 0.25) is 0 Å². The van der Waals surface area contributed by atoms with Crippen molar-refractivity contribution >= 4 is 5.91 Å². The molecule has 18 heavy (non-hydrogen) atoms. The molecule has 1 aliphatic carbocycles. The van der Waals surface area contributed by atoms with Gasteiger partial charge >= 0.3 is 0 Å². The molecule has 1 amide bonds. The van der Waals surface area contributed by atoms with Crippen LogP contribution in [0.15, 0.2) is 48.8 Å². The van der Waals surface area contributed by atoms with Crippen molar-refractivity contribution < 1.29 is 4.79 Å². The number of nitrogens with zero attached hydrogens (tertiary/aromatic N) is 1. The van der Waals surface area contributed by atoms with E-state index in [9.17, 15) is 4.79 Å². The molecule has 1 aromatic carbocycles. The van der Waals surface area contributed by atoms with Gasteiger partial charge in [-0.05, 0) is 36.1 Å². The normalized spacial score (nSPS) is 14.2. The number of benzene rings is 1. The number of rotatable bonds is 2. The maximum Gasteiger partial charge on any atom is 0.253 e. The molecule has 0 aliphatic heterocycles. The number of nitrogens with one attached hydrogen (secondary N) is 1. The van der Waals surface area contributed by atoms with Gasteiger partial charge in [0.15, 0.2) is 0 Å². The van der Waals surface area contributed by atoms with Crippen LogP contribution in [-0.4, -0.2) is 16.9 Å². The third-order valence-corrected chi connectivity index (χ3v) is 3.31. The molecule has 0 spiro atoms. The first-order valence-corrected chi connectivity index (χ1v) is 6.10. The third kappa shape index (κ3) is 2.12. The molecule has 1 aromatic heterocycles. The molecular formula is C15H14N2O. The zero-order valence-electron chi connectivity index (χ0n) is 9.97. The monoisotopic (exact) mass is 238 g/mol. The van der Waals surface area contributed by atoms with E-state index in [0.29, 0.717) is 5.56 Å². The average Bonchev–Trinajstić information content (AvgIpc) is 2.82. The summed E-state index contributed by atoms with van der Waals surface area (Å²) in [5.74, 6) is -0.0408. The highest BCUT2D eigenvalue weighted by molar-refractivity contribution is 5.94. The van der Waals surface area contributed by atoms with E-state index in [1.165, 1.54) is 11.1 Å². The maximum atomic E-state index is 12.0. The molecule has 90 valence electrons. The van der Waals surface area contributed by atoms with Gasteiger partial charge in [0.25, 0.3) is 5.91 Å². The minimum Gasteiger partial charge on any atom is -0.349 e. The van der Waals surface area contributed by atoms with Crippen LogP contribution in [0.5, 0.6) is 0 Å². The van der Waals surface area contributed by atoms with E-state index in [1.807, 2.05) is 12.1 Å². The number of hydrogen-bond acceptors (Lipinski definition) is 2. The fourth-order valence-corrected chi connectivity index (χ4v) is 2.43. The van der Waals surface area contributed by atoms with Crippen molar-refractivity contribution in [3.8, 4) is 0 Å². The second-order valence-corrected chi connectivity index (χ2v) is 4.59. The van der Waals surface area contributed by atoms with Gasteiger partial charge in [-0.15, -0.1) is 0 Å². The molecule has 1 heterocycles. The number of amides is 1. The van der Waals surface area contributed by atoms with E-state index < -0.39 is 0 Å². The van der Waals surface area contributed by atoms with Gasteiger partial charge in [-0.1, -0.05) is 24.3 Å². The lowest BCUT2D eigenvalue weighted by atomic mass is 10.1. The molecule has 2 aromatic rings. The van der Waals surface area contributed by atoms with Gasteiger partial charge in [0, 0.05) is 18.4 Å². The Hall–Kier alpha value is -2.16. The highest BCUT2D eigenvalue weighted by atomic mass is 16.1. The lowest BCUT2D eigenvalue weighted by molar-refractivity contribution is 0.0938. The van der Waals surface area contributed by atoms with Gasteiger partial charge < -0.3 is 5.32 Å². The van der Waals surface area contributed by atoms with Gasteiger partial charge in [0.1, 0.15) is 0 Å². The average molecular weight is 238 g/mol. The van der Waals surface area contributed by atoms with E-state index in [2.05, 4.69) is 22.4 Å². The molecule has 0 unspecified atom stereocenters. The Morgan fingerprint density at radius 1 is 1.11 bits per heavy atom. The van der Waals surface area contributed by atoms with Crippen molar-refractivity contribution in [3.63, 3.8) is 0 Å². The Labute approximate surface area is 106 Å². The molecule has 0 saturated carbocycles. The van der Waals surface area contributed by atoms with Crippen LogP contribution in [0.1, 0.15) is 21.5 Å². The van der Waals surface area contributed by atoms with E-state index in [-0.39, 0.29) is 11.9 Å². The summed E-state index contributed by atoms with van der Waals surface area (Å²) in [6.07, 6.45) is 5.10. The second kappa shape index (κ2) is 4.61. The summed E-state index contributed by atoms with van der Waals surface area (Å²) in [4.78, 5) is 16.0. The standard InChI is InChI=1S/C15H14N2O/c18-15(13-6-3-7-16-10-13)17-14-8-11-4-1-2-5-12(11)9-14/h1-7,10,14H,8-9H2,(H,17,18). The Balaban J connectivity index is 1.68. The van der Waals surface area contributed by atoms with Crippen LogP contribution >= 0.6 is 0 Å². The van der Waals surface area contributed by atoms with Crippen LogP contribution < -0.4 is 5.32 Å². The number of pyridine rings is 1. The SMILES string of the molecule is O=C(NC1Cc2ccccc2C1)c1cccnc1. The van der Waals surface area contributed by atoms with Crippen LogP contribution in [0.2, 0.25) is 0 Å². The van der Waals surface area contributed by atoms with Gasteiger partial charge in [0.05, 0.1) is 5.56 Å². The summed E-state index contributed by atoms with van der Waals surface area (Å²) in [7, 11) is 0. The van der Waals surface area contributed by atoms with Gasteiger partial charge in [-0.3, -0.25) is 9.78 Å². The first-order chi connectivity index (χ1) is 8.83. The summed E-state index contributed by atoms with van der Waals surface area (Å²) < 4.78 is 0. The molecule has 0 fully saturated rings. The third-order valence-electron chi connectivity index (χ3n) is 3.31. The summed E-state index contributed by atoms with van der Waals surface area (Å²) >= 11 is 0. The molecule has 0 radical (unpaired) electrons. The predicted molar refractivity (Wildman–Crippen MR) is 69.3 cm³/mol. The largest absolute Gasteiger partial charge is 0.349 e. The number of hydrogen-bond donors (Lipinski definition) is 1. The zero-order chi connectivity index (χ0) is 12.4. The van der Waals surface area contributed by atoms with Crippen molar-refractivity contribution in [1.29, 1.82) is 0 Å². The molecule has 0 saturated heterocycles. The highest BCUT2D eigenvalue weighted by Gasteiger charge is 2.22. The first kappa shape index (κ1) is 11.0. The molecule has 0 bridgehead atoms. The topological polar surface area (TPSA) is 42.0 Å². The van der Waals surface area contributed by atoms with Crippen molar-refractivity contribution in [2.45, 2.75) is 18.9 Å². The molecule has 1 aliphatic rings. The van der Waals surface area contributed by atoms with Crippen molar-refractivity contribution in [3.05, 3.63) is 65.5 Å². The lowest BCUT2D eigenvalue weighted by Crippen LogP contribution is -2.35. The fourth-order valence-electron chi connectivity index (χ4n) is 2.43. The van der Waals surface area contributed by atoms with E-state index in [0.717, 1.165) is 12.8 Å². The van der Waals surface area contributed by atoms with Gasteiger partial charge in [-0.25, -0.2) is 0 Å². The van der Waals surface area contributed by atoms with E-state index in [1.54, 1.807) is 24.5 Å². The minimum absolute atomic E-state index is 0.0408. The van der Waals surface area contributed by atoms with Crippen molar-refractivity contribution in [1.82, 2.24) is 10.3 Å². The first-order valence-electron chi connectivity index (χ1n) is 6.10. The molecule has 3 heteroatoms. The zero-order valence-corrected chi connectivity index (χ0v) is 9.97.